The fourth-order valence-electron chi connectivity index (χ4n) is 5.40. The molecule has 1 unspecified atom stereocenters. The van der Waals surface area contributed by atoms with Crippen LogP contribution in [-0.2, 0) is 16.6 Å². The molecule has 0 amide bonds. The molecule has 0 spiro atoms. The van der Waals surface area contributed by atoms with E-state index >= 15 is 0 Å². The number of thiazole rings is 1. The number of ether oxygens (including phenoxy) is 1. The summed E-state index contributed by atoms with van der Waals surface area (Å²) < 4.78 is 35.5. The summed E-state index contributed by atoms with van der Waals surface area (Å²) in [6.07, 6.45) is 6.87. The molecule has 13 heteroatoms. The van der Waals surface area contributed by atoms with Crippen molar-refractivity contribution in [3.05, 3.63) is 94.6 Å². The van der Waals surface area contributed by atoms with Crippen molar-refractivity contribution in [3.63, 3.8) is 0 Å². The van der Waals surface area contributed by atoms with E-state index in [0.29, 0.717) is 33.8 Å². The van der Waals surface area contributed by atoms with Crippen molar-refractivity contribution in [1.82, 2.24) is 28.4 Å². The van der Waals surface area contributed by atoms with Gasteiger partial charge in [-0.2, -0.15) is 13.4 Å². The van der Waals surface area contributed by atoms with Gasteiger partial charge >= 0.3 is 0 Å². The van der Waals surface area contributed by atoms with Gasteiger partial charge in [0, 0.05) is 47.2 Å². The van der Waals surface area contributed by atoms with Crippen LogP contribution in [0.2, 0.25) is 0 Å². The van der Waals surface area contributed by atoms with E-state index in [9.17, 15) is 13.2 Å². The zero-order chi connectivity index (χ0) is 31.7. The lowest BCUT2D eigenvalue weighted by atomic mass is 9.97. The molecule has 5 heterocycles. The third kappa shape index (κ3) is 6.42. The van der Waals surface area contributed by atoms with Gasteiger partial charge in [0.05, 0.1) is 12.2 Å². The van der Waals surface area contributed by atoms with E-state index in [4.69, 9.17) is 9.72 Å². The van der Waals surface area contributed by atoms with Crippen LogP contribution in [0.15, 0.2) is 82.1 Å². The molecule has 0 radical (unpaired) electrons. The van der Waals surface area contributed by atoms with Gasteiger partial charge in [-0.25, -0.2) is 13.9 Å². The summed E-state index contributed by atoms with van der Waals surface area (Å²) in [6.45, 7) is 10.0. The SMILES string of the molecule is C=C(c1cc2cnc(Nc3ccc(OC4CCCN(C)C4)cc3)nc2n(Cc2cccn2S(=O)(=O)c2nccs2)c1=O)C(C)C. The Kier molecular flexibility index (Phi) is 8.58. The van der Waals surface area contributed by atoms with Gasteiger partial charge in [0.1, 0.15) is 17.5 Å². The highest BCUT2D eigenvalue weighted by Gasteiger charge is 2.24. The summed E-state index contributed by atoms with van der Waals surface area (Å²) in [5.41, 5.74) is 2.28. The molecule has 1 aliphatic rings. The number of nitrogens with zero attached hydrogens (tertiary/aromatic N) is 6. The highest BCUT2D eigenvalue weighted by atomic mass is 32.2. The van der Waals surface area contributed by atoms with Gasteiger partial charge in [-0.3, -0.25) is 9.36 Å². The molecule has 1 aromatic carbocycles. The minimum absolute atomic E-state index is 0.0191. The lowest BCUT2D eigenvalue weighted by Gasteiger charge is -2.30. The second kappa shape index (κ2) is 12.6. The van der Waals surface area contributed by atoms with Crippen molar-refractivity contribution in [1.29, 1.82) is 0 Å². The number of aromatic nitrogens is 5. The smallest absolute Gasteiger partial charge is 0.295 e. The number of piperidine rings is 1. The maximum atomic E-state index is 14.0. The van der Waals surface area contributed by atoms with Crippen molar-refractivity contribution in [3.8, 4) is 5.75 Å². The van der Waals surface area contributed by atoms with Crippen LogP contribution in [0.4, 0.5) is 11.6 Å². The normalized spacial score (nSPS) is 15.9. The summed E-state index contributed by atoms with van der Waals surface area (Å²) in [7, 11) is -1.83. The number of fused-ring (bicyclic) bond motifs is 1. The quantitative estimate of drug-likeness (QED) is 0.218. The van der Waals surface area contributed by atoms with E-state index in [1.165, 1.54) is 17.0 Å². The second-order valence-corrected chi connectivity index (χ2v) is 14.4. The van der Waals surface area contributed by atoms with Crippen LogP contribution in [0.1, 0.15) is 37.9 Å². The summed E-state index contributed by atoms with van der Waals surface area (Å²) in [4.78, 5) is 29.5. The van der Waals surface area contributed by atoms with E-state index < -0.39 is 10.0 Å². The Hall–Kier alpha value is -4.33. The van der Waals surface area contributed by atoms with E-state index in [2.05, 4.69) is 33.8 Å². The van der Waals surface area contributed by atoms with Crippen LogP contribution >= 0.6 is 11.3 Å². The molecule has 6 rings (SSSR count). The first-order valence-corrected chi connectivity index (χ1v) is 17.1. The minimum Gasteiger partial charge on any atom is -0.489 e. The molecule has 1 N–H and O–H groups in total. The summed E-state index contributed by atoms with van der Waals surface area (Å²) in [6, 6.07) is 12.7. The Morgan fingerprint density at radius 3 is 2.71 bits per heavy atom. The van der Waals surface area contributed by atoms with Crippen molar-refractivity contribution >= 4 is 49.6 Å². The van der Waals surface area contributed by atoms with Crippen LogP contribution < -0.4 is 15.6 Å². The van der Waals surface area contributed by atoms with E-state index in [1.807, 2.05) is 38.1 Å². The van der Waals surface area contributed by atoms with Gasteiger partial charge in [0.2, 0.25) is 10.3 Å². The van der Waals surface area contributed by atoms with Crippen molar-refractivity contribution in [2.75, 3.05) is 25.5 Å². The number of hydrogen-bond acceptors (Lipinski definition) is 10. The summed E-state index contributed by atoms with van der Waals surface area (Å²) in [5, 5.41) is 5.45. The number of anilines is 2. The molecule has 1 saturated heterocycles. The van der Waals surface area contributed by atoms with Crippen LogP contribution in [-0.4, -0.2) is 63.1 Å². The molecule has 4 aromatic heterocycles. The van der Waals surface area contributed by atoms with Crippen LogP contribution in [0, 0.1) is 5.92 Å². The van der Waals surface area contributed by atoms with Gasteiger partial charge in [0.15, 0.2) is 0 Å². The number of allylic oxidation sites excluding steroid dienone is 1. The summed E-state index contributed by atoms with van der Waals surface area (Å²) in [5.74, 6) is 1.10. The topological polar surface area (TPSA) is 124 Å². The Morgan fingerprint density at radius 1 is 1.20 bits per heavy atom. The third-order valence-electron chi connectivity index (χ3n) is 7.87. The highest BCUT2D eigenvalue weighted by molar-refractivity contribution is 7.91. The molecule has 1 fully saturated rings. The molecular weight excluding hydrogens is 611 g/mol. The molecule has 1 aliphatic heterocycles. The Labute approximate surface area is 265 Å². The summed E-state index contributed by atoms with van der Waals surface area (Å²) >= 11 is 1.03. The van der Waals surface area contributed by atoms with Crippen LogP contribution in [0.5, 0.6) is 5.75 Å². The Bertz CT molecular complexity index is 2000. The third-order valence-corrected chi connectivity index (χ3v) is 10.8. The zero-order valence-corrected chi connectivity index (χ0v) is 27.0. The largest absolute Gasteiger partial charge is 0.489 e. The zero-order valence-electron chi connectivity index (χ0n) is 25.4. The second-order valence-electron chi connectivity index (χ2n) is 11.5. The van der Waals surface area contributed by atoms with E-state index in [1.54, 1.807) is 29.8 Å². The number of hydrogen-bond donors (Lipinski definition) is 1. The van der Waals surface area contributed by atoms with Crippen molar-refractivity contribution < 1.29 is 13.2 Å². The number of likely N-dealkylation sites (N-methyl/N-ethyl adjacent to an activating group) is 1. The van der Waals surface area contributed by atoms with Gasteiger partial charge in [-0.05, 0) is 80.4 Å². The molecule has 0 bridgehead atoms. The molecule has 0 aliphatic carbocycles. The van der Waals surface area contributed by atoms with Gasteiger partial charge < -0.3 is 15.0 Å². The van der Waals surface area contributed by atoms with Crippen molar-refractivity contribution in [2.24, 2.45) is 5.92 Å². The standard InChI is InChI=1S/C32H35N7O4S2/c1-21(2)22(3)28-17-23-18-34-31(35-24-9-11-26(12-10-24)43-27-8-6-14-37(4)20-27)36-29(23)38(30(28)40)19-25-7-5-15-39(25)45(41,42)32-33-13-16-44-32/h5,7,9-13,15-18,21,27H,3,6,8,14,19-20H2,1-2,4H3,(H,34,35,36). The molecule has 1 atom stereocenters. The first kappa shape index (κ1) is 30.7. The molecular formula is C32H35N7O4S2. The molecule has 0 saturated carbocycles. The first-order chi connectivity index (χ1) is 21.6. The number of likely N-dealkylation sites (tertiary alicyclic amines) is 1. The van der Waals surface area contributed by atoms with Crippen molar-refractivity contribution in [2.45, 2.75) is 43.7 Å². The average Bonchev–Trinajstić information content (AvgIpc) is 3.73. The van der Waals surface area contributed by atoms with E-state index in [-0.39, 0.29) is 28.5 Å². The first-order valence-electron chi connectivity index (χ1n) is 14.7. The fourth-order valence-corrected chi connectivity index (χ4v) is 7.68. The van der Waals surface area contributed by atoms with Gasteiger partial charge in [-0.1, -0.05) is 20.4 Å². The number of pyridine rings is 1. The predicted molar refractivity (Wildman–Crippen MR) is 177 cm³/mol. The molecule has 45 heavy (non-hydrogen) atoms. The average molecular weight is 646 g/mol. The molecule has 5 aromatic rings. The van der Waals surface area contributed by atoms with Crippen LogP contribution in [0.25, 0.3) is 16.6 Å². The molecule has 234 valence electrons. The minimum atomic E-state index is -3.94. The number of rotatable bonds is 10. The number of benzene rings is 1. The Balaban J connectivity index is 1.34. The monoisotopic (exact) mass is 645 g/mol. The maximum absolute atomic E-state index is 14.0. The number of nitrogens with one attached hydrogen (secondary N) is 1. The Morgan fingerprint density at radius 2 is 2.00 bits per heavy atom. The predicted octanol–water partition coefficient (Wildman–Crippen LogP) is 5.22. The highest BCUT2D eigenvalue weighted by Crippen LogP contribution is 2.26. The molecule has 11 nitrogen and oxygen atoms in total. The maximum Gasteiger partial charge on any atom is 0.295 e. The lowest BCUT2D eigenvalue weighted by molar-refractivity contribution is 0.104. The van der Waals surface area contributed by atoms with Gasteiger partial charge in [0.25, 0.3) is 15.6 Å². The fraction of sp³-hybridized carbons (Fsp3) is 0.312. The lowest BCUT2D eigenvalue weighted by Crippen LogP contribution is -2.38. The van der Waals surface area contributed by atoms with Gasteiger partial charge in [-0.15, -0.1) is 11.3 Å². The van der Waals surface area contributed by atoms with Crippen LogP contribution in [0.3, 0.4) is 0 Å². The van der Waals surface area contributed by atoms with E-state index in [0.717, 1.165) is 52.7 Å².